The van der Waals surface area contributed by atoms with E-state index in [1.807, 2.05) is 18.2 Å². The Morgan fingerprint density at radius 1 is 1.08 bits per heavy atom. The summed E-state index contributed by atoms with van der Waals surface area (Å²) in [6, 6.07) is 10.3. The monoisotopic (exact) mass is 321 g/mol. The molecule has 0 spiro atoms. The molecule has 0 saturated carbocycles. The van der Waals surface area contributed by atoms with Gasteiger partial charge in [0.2, 0.25) is 0 Å². The quantitative estimate of drug-likeness (QED) is 0.662. The molecule has 0 aliphatic rings. The number of imidazole rings is 1. The average Bonchev–Trinajstić information content (AvgIpc) is 3.02. The summed E-state index contributed by atoms with van der Waals surface area (Å²) in [5, 5.41) is 0. The van der Waals surface area contributed by atoms with Crippen LogP contribution in [-0.2, 0) is 5.41 Å². The highest BCUT2D eigenvalue weighted by molar-refractivity contribution is 5.78. The van der Waals surface area contributed by atoms with E-state index < -0.39 is 0 Å². The lowest BCUT2D eigenvalue weighted by molar-refractivity contribution is 0.503. The third-order valence-electron chi connectivity index (χ3n) is 4.09. The molecule has 4 heteroatoms. The number of halogens is 1. The second kappa shape index (κ2) is 6.40. The van der Waals surface area contributed by atoms with Crippen molar-refractivity contribution in [3.63, 3.8) is 0 Å². The number of hydrogen-bond acceptors (Lipinski definition) is 2. The van der Waals surface area contributed by atoms with Gasteiger partial charge in [-0.05, 0) is 42.8 Å². The third-order valence-corrected chi connectivity index (χ3v) is 4.09. The highest BCUT2D eigenvalue weighted by atomic mass is 19.1. The van der Waals surface area contributed by atoms with Gasteiger partial charge in [-0.1, -0.05) is 19.9 Å². The van der Waals surface area contributed by atoms with E-state index >= 15 is 0 Å². The molecule has 122 valence electrons. The molecule has 3 rings (SSSR count). The molecule has 0 radical (unpaired) electrons. The first kappa shape index (κ1) is 16.1. The lowest BCUT2D eigenvalue weighted by Gasteiger charge is -2.19. The molecule has 24 heavy (non-hydrogen) atoms. The molecule has 1 aromatic carbocycles. The van der Waals surface area contributed by atoms with Crippen LogP contribution < -0.4 is 0 Å². The largest absolute Gasteiger partial charge is 0.341 e. The van der Waals surface area contributed by atoms with Crippen molar-refractivity contribution in [2.75, 3.05) is 0 Å². The first-order chi connectivity index (χ1) is 11.5. The second-order valence-electron chi connectivity index (χ2n) is 6.43. The first-order valence-electron chi connectivity index (χ1n) is 7.89. The molecule has 2 aromatic heterocycles. The average molecular weight is 321 g/mol. The number of aromatic amines is 1. The Kier molecular flexibility index (Phi) is 4.30. The summed E-state index contributed by atoms with van der Waals surface area (Å²) >= 11 is 0. The summed E-state index contributed by atoms with van der Waals surface area (Å²) in [7, 11) is 0. The molecule has 0 fully saturated rings. The van der Waals surface area contributed by atoms with E-state index in [-0.39, 0.29) is 11.2 Å². The summed E-state index contributed by atoms with van der Waals surface area (Å²) in [4.78, 5) is 12.4. The SMILES string of the molecule is C=CCC(C)(C)c1nc(-c2ccc(F)cc2)c(-c2ccncc2)[nH]1. The van der Waals surface area contributed by atoms with Crippen molar-refractivity contribution in [3.8, 4) is 22.5 Å². The number of allylic oxidation sites excluding steroid dienone is 1. The summed E-state index contributed by atoms with van der Waals surface area (Å²) in [6.07, 6.45) is 6.20. The van der Waals surface area contributed by atoms with Gasteiger partial charge in [0, 0.05) is 28.9 Å². The third kappa shape index (κ3) is 3.13. The minimum Gasteiger partial charge on any atom is -0.341 e. The van der Waals surface area contributed by atoms with Crippen LogP contribution >= 0.6 is 0 Å². The van der Waals surface area contributed by atoms with Crippen LogP contribution in [0.3, 0.4) is 0 Å². The predicted octanol–water partition coefficient (Wildman–Crippen LogP) is 5.13. The molecule has 0 amide bonds. The lowest BCUT2D eigenvalue weighted by atomic mass is 9.88. The number of H-pyrrole nitrogens is 1. The molecule has 1 N–H and O–H groups in total. The molecule has 0 saturated heterocycles. The first-order valence-corrected chi connectivity index (χ1v) is 7.89. The minimum atomic E-state index is -0.257. The fourth-order valence-electron chi connectivity index (χ4n) is 2.70. The smallest absolute Gasteiger partial charge is 0.123 e. The Bertz CT molecular complexity index is 833. The van der Waals surface area contributed by atoms with E-state index in [2.05, 4.69) is 30.4 Å². The minimum absolute atomic E-state index is 0.165. The number of pyridine rings is 1. The molecular formula is C20H20FN3. The van der Waals surface area contributed by atoms with Crippen LogP contribution in [0.4, 0.5) is 4.39 Å². The van der Waals surface area contributed by atoms with E-state index in [9.17, 15) is 4.39 Å². The molecule has 3 aromatic rings. The molecule has 0 aliphatic carbocycles. The van der Waals surface area contributed by atoms with Crippen molar-refractivity contribution in [2.45, 2.75) is 25.7 Å². The second-order valence-corrected chi connectivity index (χ2v) is 6.43. The van der Waals surface area contributed by atoms with Crippen LogP contribution in [0, 0.1) is 5.82 Å². The van der Waals surface area contributed by atoms with Crippen LogP contribution in [0.25, 0.3) is 22.5 Å². The fourth-order valence-corrected chi connectivity index (χ4v) is 2.70. The van der Waals surface area contributed by atoms with Gasteiger partial charge < -0.3 is 4.98 Å². The van der Waals surface area contributed by atoms with Gasteiger partial charge in [-0.3, -0.25) is 4.98 Å². The summed E-state index contributed by atoms with van der Waals surface area (Å²) < 4.78 is 13.3. The van der Waals surface area contributed by atoms with Gasteiger partial charge in [-0.15, -0.1) is 6.58 Å². The number of aromatic nitrogens is 3. The zero-order chi connectivity index (χ0) is 17.2. The Labute approximate surface area is 141 Å². The molecule has 2 heterocycles. The number of benzene rings is 1. The number of nitrogens with zero attached hydrogens (tertiary/aromatic N) is 2. The summed E-state index contributed by atoms with van der Waals surface area (Å²) in [6.45, 7) is 8.08. The zero-order valence-electron chi connectivity index (χ0n) is 13.9. The van der Waals surface area contributed by atoms with Crippen LogP contribution in [0.2, 0.25) is 0 Å². The Morgan fingerprint density at radius 2 is 1.75 bits per heavy atom. The van der Waals surface area contributed by atoms with Crippen LogP contribution in [-0.4, -0.2) is 15.0 Å². The van der Waals surface area contributed by atoms with E-state index in [1.54, 1.807) is 24.5 Å². The topological polar surface area (TPSA) is 41.6 Å². The molecule has 3 nitrogen and oxygen atoms in total. The van der Waals surface area contributed by atoms with Gasteiger partial charge in [-0.25, -0.2) is 9.37 Å². The summed E-state index contributed by atoms with van der Waals surface area (Å²) in [5.41, 5.74) is 3.43. The normalized spacial score (nSPS) is 11.5. The Morgan fingerprint density at radius 3 is 2.38 bits per heavy atom. The lowest BCUT2D eigenvalue weighted by Crippen LogP contribution is -2.17. The van der Waals surface area contributed by atoms with Gasteiger partial charge in [0.05, 0.1) is 11.4 Å². The number of hydrogen-bond donors (Lipinski definition) is 1. The maximum Gasteiger partial charge on any atom is 0.123 e. The molecule has 0 bridgehead atoms. The molecule has 0 atom stereocenters. The Balaban J connectivity index is 2.17. The van der Waals surface area contributed by atoms with E-state index in [1.165, 1.54) is 12.1 Å². The van der Waals surface area contributed by atoms with Crippen LogP contribution in [0.5, 0.6) is 0 Å². The van der Waals surface area contributed by atoms with E-state index in [0.717, 1.165) is 34.8 Å². The van der Waals surface area contributed by atoms with Crippen molar-refractivity contribution >= 4 is 0 Å². The van der Waals surface area contributed by atoms with Crippen molar-refractivity contribution in [3.05, 3.63) is 73.1 Å². The number of rotatable bonds is 5. The van der Waals surface area contributed by atoms with Crippen LogP contribution in [0.1, 0.15) is 26.1 Å². The highest BCUT2D eigenvalue weighted by Crippen LogP contribution is 2.34. The summed E-state index contributed by atoms with van der Waals surface area (Å²) in [5.74, 6) is 0.625. The van der Waals surface area contributed by atoms with E-state index in [0.29, 0.717) is 0 Å². The van der Waals surface area contributed by atoms with Crippen molar-refractivity contribution in [2.24, 2.45) is 0 Å². The number of nitrogens with one attached hydrogen (secondary N) is 1. The highest BCUT2D eigenvalue weighted by Gasteiger charge is 2.25. The van der Waals surface area contributed by atoms with Gasteiger partial charge in [-0.2, -0.15) is 0 Å². The molecule has 0 aliphatic heterocycles. The van der Waals surface area contributed by atoms with Crippen molar-refractivity contribution in [1.29, 1.82) is 0 Å². The van der Waals surface area contributed by atoms with Gasteiger partial charge >= 0.3 is 0 Å². The van der Waals surface area contributed by atoms with Crippen molar-refractivity contribution in [1.82, 2.24) is 15.0 Å². The standard InChI is InChI=1S/C20H20FN3/c1-4-11-20(2,3)19-23-17(14-5-7-16(21)8-6-14)18(24-19)15-9-12-22-13-10-15/h4-10,12-13H,1,11H2,2-3H3,(H,23,24). The van der Waals surface area contributed by atoms with Gasteiger partial charge in [0.15, 0.2) is 0 Å². The van der Waals surface area contributed by atoms with Crippen LogP contribution in [0.15, 0.2) is 61.4 Å². The fraction of sp³-hybridized carbons (Fsp3) is 0.200. The van der Waals surface area contributed by atoms with Crippen molar-refractivity contribution < 1.29 is 4.39 Å². The maximum absolute atomic E-state index is 13.3. The van der Waals surface area contributed by atoms with Gasteiger partial charge in [0.25, 0.3) is 0 Å². The predicted molar refractivity (Wildman–Crippen MR) is 95.1 cm³/mol. The van der Waals surface area contributed by atoms with Gasteiger partial charge in [0.1, 0.15) is 11.6 Å². The zero-order valence-corrected chi connectivity index (χ0v) is 13.9. The maximum atomic E-state index is 13.3. The Hall–Kier alpha value is -2.75. The molecular weight excluding hydrogens is 301 g/mol. The molecule has 0 unspecified atom stereocenters. The van der Waals surface area contributed by atoms with E-state index in [4.69, 9.17) is 4.98 Å².